The van der Waals surface area contributed by atoms with Gasteiger partial charge < -0.3 is 5.32 Å². The van der Waals surface area contributed by atoms with E-state index in [1.807, 2.05) is 32.0 Å². The van der Waals surface area contributed by atoms with E-state index in [0.29, 0.717) is 16.4 Å². The second-order valence-corrected chi connectivity index (χ2v) is 6.81. The Balaban J connectivity index is 1.91. The molecule has 2 aromatic rings. The standard InChI is InChI=1S/C19H16ClN3O2S/c1-11-3-7-14(8-4-11)23-18(25)15(17(24)22-19(23)26)10-21-16-9-13(20)6-5-12(16)2/h3-10,15H,1-2H3,(H,22,24,26)/t15-/m1/s1. The average Bonchev–Trinajstić information content (AvgIpc) is 2.59. The van der Waals surface area contributed by atoms with Crippen LogP contribution >= 0.6 is 23.8 Å². The number of carbonyl (C=O) groups excluding carboxylic acids is 2. The lowest BCUT2D eigenvalue weighted by atomic mass is 10.1. The molecule has 0 bridgehead atoms. The number of nitrogens with one attached hydrogen (secondary N) is 1. The summed E-state index contributed by atoms with van der Waals surface area (Å²) in [4.78, 5) is 30.7. The predicted molar refractivity (Wildman–Crippen MR) is 107 cm³/mol. The topological polar surface area (TPSA) is 61.8 Å². The molecule has 0 unspecified atom stereocenters. The summed E-state index contributed by atoms with van der Waals surface area (Å²) < 4.78 is 0. The van der Waals surface area contributed by atoms with E-state index in [4.69, 9.17) is 23.8 Å². The third-order valence-corrected chi connectivity index (χ3v) is 4.55. The van der Waals surface area contributed by atoms with E-state index in [1.165, 1.54) is 11.1 Å². The second kappa shape index (κ2) is 7.35. The molecule has 1 fully saturated rings. The first kappa shape index (κ1) is 18.2. The Morgan fingerprint density at radius 2 is 1.85 bits per heavy atom. The Morgan fingerprint density at radius 1 is 1.15 bits per heavy atom. The van der Waals surface area contributed by atoms with Gasteiger partial charge in [-0.2, -0.15) is 0 Å². The number of anilines is 1. The molecule has 0 aliphatic carbocycles. The van der Waals surface area contributed by atoms with Gasteiger partial charge in [0.05, 0.1) is 11.4 Å². The van der Waals surface area contributed by atoms with Gasteiger partial charge >= 0.3 is 0 Å². The van der Waals surface area contributed by atoms with Crippen LogP contribution in [0.15, 0.2) is 47.5 Å². The molecule has 132 valence electrons. The van der Waals surface area contributed by atoms with Gasteiger partial charge in [0.15, 0.2) is 11.0 Å². The van der Waals surface area contributed by atoms with Crippen molar-refractivity contribution < 1.29 is 9.59 Å². The highest BCUT2D eigenvalue weighted by molar-refractivity contribution is 7.80. The SMILES string of the molecule is Cc1ccc(N2C(=O)[C@H](C=Nc3cc(Cl)ccc3C)C(=O)NC2=S)cc1. The van der Waals surface area contributed by atoms with Crippen LogP contribution in [0, 0.1) is 19.8 Å². The minimum absolute atomic E-state index is 0.0624. The highest BCUT2D eigenvalue weighted by Crippen LogP contribution is 2.24. The van der Waals surface area contributed by atoms with Gasteiger partial charge in [-0.15, -0.1) is 0 Å². The van der Waals surface area contributed by atoms with Crippen molar-refractivity contribution in [3.63, 3.8) is 0 Å². The summed E-state index contributed by atoms with van der Waals surface area (Å²) in [6, 6.07) is 12.6. The largest absolute Gasteiger partial charge is 0.301 e. The van der Waals surface area contributed by atoms with E-state index in [2.05, 4.69) is 10.3 Å². The summed E-state index contributed by atoms with van der Waals surface area (Å²) in [5.74, 6) is -2.00. The highest BCUT2D eigenvalue weighted by atomic mass is 35.5. The molecule has 0 saturated carbocycles. The fraction of sp³-hybridized carbons (Fsp3) is 0.158. The molecular formula is C19H16ClN3O2S. The number of nitrogens with zero attached hydrogens (tertiary/aromatic N) is 2. The number of aliphatic imine (C=N–C) groups is 1. The Bertz CT molecular complexity index is 925. The number of hydrogen-bond donors (Lipinski definition) is 1. The van der Waals surface area contributed by atoms with Crippen molar-refractivity contribution in [2.75, 3.05) is 4.90 Å². The minimum Gasteiger partial charge on any atom is -0.301 e. The van der Waals surface area contributed by atoms with Crippen LogP contribution in [0.25, 0.3) is 0 Å². The first-order chi connectivity index (χ1) is 12.4. The fourth-order valence-electron chi connectivity index (χ4n) is 2.54. The van der Waals surface area contributed by atoms with Crippen LogP contribution in [0.3, 0.4) is 0 Å². The quantitative estimate of drug-likeness (QED) is 0.497. The Hall–Kier alpha value is -2.57. The van der Waals surface area contributed by atoms with Gasteiger partial charge in [-0.1, -0.05) is 35.4 Å². The normalized spacial score (nSPS) is 17.7. The Morgan fingerprint density at radius 3 is 2.54 bits per heavy atom. The number of aryl methyl sites for hydroxylation is 2. The van der Waals surface area contributed by atoms with E-state index in [9.17, 15) is 9.59 Å². The van der Waals surface area contributed by atoms with Gasteiger partial charge in [0, 0.05) is 11.2 Å². The van der Waals surface area contributed by atoms with Gasteiger partial charge in [-0.05, 0) is 55.9 Å². The molecule has 1 aliphatic heterocycles. The maximum absolute atomic E-state index is 12.9. The highest BCUT2D eigenvalue weighted by Gasteiger charge is 2.38. The maximum atomic E-state index is 12.9. The Kier molecular flexibility index (Phi) is 5.15. The summed E-state index contributed by atoms with van der Waals surface area (Å²) in [5.41, 5.74) is 3.15. The molecule has 1 aliphatic rings. The summed E-state index contributed by atoms with van der Waals surface area (Å²) >= 11 is 11.2. The van der Waals surface area contributed by atoms with Crippen LogP contribution in [-0.4, -0.2) is 23.1 Å². The van der Waals surface area contributed by atoms with Crippen molar-refractivity contribution in [1.82, 2.24) is 5.32 Å². The van der Waals surface area contributed by atoms with Gasteiger partial charge in [0.25, 0.3) is 5.91 Å². The molecule has 2 aromatic carbocycles. The summed E-state index contributed by atoms with van der Waals surface area (Å²) in [6.07, 6.45) is 1.33. The lowest BCUT2D eigenvalue weighted by Gasteiger charge is -2.31. The number of thiocarbonyl (C=S) groups is 1. The van der Waals surface area contributed by atoms with Crippen molar-refractivity contribution in [3.05, 3.63) is 58.6 Å². The van der Waals surface area contributed by atoms with Crippen LogP contribution in [0.1, 0.15) is 11.1 Å². The molecule has 2 amide bonds. The van der Waals surface area contributed by atoms with Crippen LogP contribution in [0.5, 0.6) is 0 Å². The number of carbonyl (C=O) groups is 2. The number of amides is 2. The lowest BCUT2D eigenvalue weighted by molar-refractivity contribution is -0.130. The van der Waals surface area contributed by atoms with Crippen LogP contribution < -0.4 is 10.2 Å². The molecule has 0 spiro atoms. The molecule has 1 atom stereocenters. The van der Waals surface area contributed by atoms with Gasteiger partial charge in [0.1, 0.15) is 0 Å². The molecule has 26 heavy (non-hydrogen) atoms. The molecule has 1 saturated heterocycles. The maximum Gasteiger partial charge on any atom is 0.251 e. The number of hydrogen-bond acceptors (Lipinski definition) is 4. The molecule has 0 radical (unpaired) electrons. The summed E-state index contributed by atoms with van der Waals surface area (Å²) in [7, 11) is 0. The van der Waals surface area contributed by atoms with Crippen LogP contribution in [-0.2, 0) is 9.59 Å². The van der Waals surface area contributed by atoms with E-state index in [1.54, 1.807) is 24.3 Å². The van der Waals surface area contributed by atoms with Crippen molar-refractivity contribution in [3.8, 4) is 0 Å². The van der Waals surface area contributed by atoms with Crippen LogP contribution in [0.4, 0.5) is 11.4 Å². The van der Waals surface area contributed by atoms with E-state index < -0.39 is 17.7 Å². The van der Waals surface area contributed by atoms with Gasteiger partial charge in [-0.25, -0.2) is 0 Å². The molecular weight excluding hydrogens is 370 g/mol. The summed E-state index contributed by atoms with van der Waals surface area (Å²) in [5, 5.41) is 3.16. The van der Waals surface area contributed by atoms with E-state index in [-0.39, 0.29) is 5.11 Å². The van der Waals surface area contributed by atoms with Gasteiger partial charge in [-0.3, -0.25) is 19.5 Å². The zero-order valence-corrected chi connectivity index (χ0v) is 15.8. The molecule has 7 heteroatoms. The third-order valence-electron chi connectivity index (χ3n) is 4.03. The van der Waals surface area contributed by atoms with Crippen molar-refractivity contribution in [2.24, 2.45) is 10.9 Å². The van der Waals surface area contributed by atoms with Crippen molar-refractivity contribution in [2.45, 2.75) is 13.8 Å². The van der Waals surface area contributed by atoms with Gasteiger partial charge in [0.2, 0.25) is 5.91 Å². The minimum atomic E-state index is -1.07. The Labute approximate surface area is 161 Å². The number of halogens is 1. The smallest absolute Gasteiger partial charge is 0.251 e. The monoisotopic (exact) mass is 385 g/mol. The molecule has 1 N–H and O–H groups in total. The molecule has 3 rings (SSSR count). The molecule has 0 aromatic heterocycles. The summed E-state index contributed by atoms with van der Waals surface area (Å²) in [6.45, 7) is 3.82. The first-order valence-corrected chi connectivity index (χ1v) is 8.71. The molecule has 1 heterocycles. The van der Waals surface area contributed by atoms with Crippen LogP contribution in [0.2, 0.25) is 5.02 Å². The van der Waals surface area contributed by atoms with E-state index in [0.717, 1.165) is 11.1 Å². The van der Waals surface area contributed by atoms with Crippen molar-refractivity contribution in [1.29, 1.82) is 0 Å². The third kappa shape index (κ3) is 3.66. The second-order valence-electron chi connectivity index (χ2n) is 5.99. The zero-order valence-electron chi connectivity index (χ0n) is 14.2. The average molecular weight is 386 g/mol. The lowest BCUT2D eigenvalue weighted by Crippen LogP contribution is -2.58. The fourth-order valence-corrected chi connectivity index (χ4v) is 3.00. The first-order valence-electron chi connectivity index (χ1n) is 7.92. The predicted octanol–water partition coefficient (Wildman–Crippen LogP) is 3.72. The number of benzene rings is 2. The molecule has 5 nitrogen and oxygen atoms in total. The van der Waals surface area contributed by atoms with E-state index >= 15 is 0 Å². The zero-order chi connectivity index (χ0) is 18.8. The van der Waals surface area contributed by atoms with Crippen molar-refractivity contribution >= 4 is 58.3 Å². The number of rotatable bonds is 3.